The van der Waals surface area contributed by atoms with Crippen molar-refractivity contribution in [2.45, 2.75) is 12.5 Å². The first-order chi connectivity index (χ1) is 9.94. The van der Waals surface area contributed by atoms with Crippen LogP contribution in [0.5, 0.6) is 0 Å². The summed E-state index contributed by atoms with van der Waals surface area (Å²) in [5.74, 6) is 0.291. The van der Waals surface area contributed by atoms with Crippen molar-refractivity contribution < 1.29 is 12.6 Å². The lowest BCUT2D eigenvalue weighted by atomic mass is 10.1. The molecular formula is C11H14N6O3S. The maximum Gasteiger partial charge on any atom is 0.333 e. The molecule has 9 nitrogen and oxygen atoms in total. The largest absolute Gasteiger partial charge is 0.382 e. The van der Waals surface area contributed by atoms with Crippen LogP contribution in [0.15, 0.2) is 24.8 Å². The lowest BCUT2D eigenvalue weighted by Crippen LogP contribution is -2.19. The van der Waals surface area contributed by atoms with Crippen molar-refractivity contribution in [1.29, 1.82) is 0 Å². The summed E-state index contributed by atoms with van der Waals surface area (Å²) in [4.78, 5) is 12.3. The maximum absolute atomic E-state index is 10.8. The average molecular weight is 310 g/mol. The number of imidazole rings is 1. The van der Waals surface area contributed by atoms with Gasteiger partial charge >= 0.3 is 10.3 Å². The van der Waals surface area contributed by atoms with Gasteiger partial charge in [-0.15, -0.1) is 0 Å². The van der Waals surface area contributed by atoms with E-state index in [1.807, 2.05) is 16.7 Å². The van der Waals surface area contributed by atoms with Crippen molar-refractivity contribution in [2.24, 2.45) is 11.1 Å². The van der Waals surface area contributed by atoms with Crippen LogP contribution in [-0.2, 0) is 14.5 Å². The summed E-state index contributed by atoms with van der Waals surface area (Å²) in [6, 6.07) is 0.0124. The molecule has 10 heteroatoms. The topological polar surface area (TPSA) is 139 Å². The van der Waals surface area contributed by atoms with Gasteiger partial charge in [0.2, 0.25) is 0 Å². The van der Waals surface area contributed by atoms with Gasteiger partial charge < -0.3 is 10.3 Å². The molecule has 1 aliphatic carbocycles. The highest BCUT2D eigenvalue weighted by Gasteiger charge is 2.23. The molecule has 0 amide bonds. The molecule has 0 saturated heterocycles. The minimum atomic E-state index is -3.91. The number of fused-ring (bicyclic) bond motifs is 1. The second-order valence-electron chi connectivity index (χ2n) is 4.81. The number of anilines is 1. The van der Waals surface area contributed by atoms with E-state index in [0.717, 1.165) is 0 Å². The SMILES string of the molecule is Nc1ncnc2c1ncn2[C@H]1C=C[C@@H](COS(N)(=O)=O)C1. The Bertz CT molecular complexity index is 799. The van der Waals surface area contributed by atoms with Gasteiger partial charge in [-0.2, -0.15) is 8.42 Å². The molecule has 2 aromatic rings. The van der Waals surface area contributed by atoms with Crippen molar-refractivity contribution in [3.8, 4) is 0 Å². The molecule has 0 saturated carbocycles. The predicted octanol–water partition coefficient (Wildman–Crippen LogP) is -0.254. The maximum atomic E-state index is 10.8. The number of hydrogen-bond acceptors (Lipinski definition) is 7. The number of allylic oxidation sites excluding steroid dienone is 1. The third kappa shape index (κ3) is 2.86. The Morgan fingerprint density at radius 3 is 2.90 bits per heavy atom. The summed E-state index contributed by atoms with van der Waals surface area (Å²) in [6.45, 7) is 0.0234. The Morgan fingerprint density at radius 2 is 2.14 bits per heavy atom. The third-order valence-corrected chi connectivity index (χ3v) is 3.81. The first-order valence-corrected chi connectivity index (χ1v) is 7.69. The Balaban J connectivity index is 1.77. The average Bonchev–Trinajstić information content (AvgIpc) is 3.02. The number of hydrogen-bond donors (Lipinski definition) is 2. The zero-order valence-corrected chi connectivity index (χ0v) is 11.8. The fourth-order valence-electron chi connectivity index (χ4n) is 2.38. The third-order valence-electron chi connectivity index (χ3n) is 3.34. The Labute approximate surface area is 120 Å². The molecule has 0 aromatic carbocycles. The van der Waals surface area contributed by atoms with Crippen LogP contribution < -0.4 is 10.9 Å². The second kappa shape index (κ2) is 5.06. The van der Waals surface area contributed by atoms with Crippen molar-refractivity contribution in [2.75, 3.05) is 12.3 Å². The van der Waals surface area contributed by atoms with Gasteiger partial charge in [0, 0.05) is 5.92 Å². The molecule has 0 spiro atoms. The number of nitrogens with two attached hydrogens (primary N) is 2. The number of aromatic nitrogens is 4. The van der Waals surface area contributed by atoms with Gasteiger partial charge in [0.05, 0.1) is 19.0 Å². The van der Waals surface area contributed by atoms with Crippen LogP contribution in [0.2, 0.25) is 0 Å². The molecule has 3 rings (SSSR count). The summed E-state index contributed by atoms with van der Waals surface area (Å²) in [5, 5.41) is 4.81. The molecule has 1 aliphatic rings. The van der Waals surface area contributed by atoms with Gasteiger partial charge in [-0.1, -0.05) is 12.2 Å². The Hall–Kier alpha value is -2.04. The molecule has 2 aromatic heterocycles. The van der Waals surface area contributed by atoms with E-state index in [1.165, 1.54) is 6.33 Å². The zero-order chi connectivity index (χ0) is 15.0. The van der Waals surface area contributed by atoms with Crippen LogP contribution in [0.3, 0.4) is 0 Å². The second-order valence-corrected chi connectivity index (χ2v) is 6.03. The predicted molar refractivity (Wildman–Crippen MR) is 75.1 cm³/mol. The summed E-state index contributed by atoms with van der Waals surface area (Å²) >= 11 is 0. The van der Waals surface area contributed by atoms with E-state index in [0.29, 0.717) is 23.4 Å². The van der Waals surface area contributed by atoms with Crippen LogP contribution in [0.1, 0.15) is 12.5 Å². The summed E-state index contributed by atoms with van der Waals surface area (Å²) < 4.78 is 28.1. The molecule has 0 unspecified atom stereocenters. The van der Waals surface area contributed by atoms with Crippen LogP contribution in [0, 0.1) is 5.92 Å². The van der Waals surface area contributed by atoms with E-state index in [-0.39, 0.29) is 18.6 Å². The van der Waals surface area contributed by atoms with Gasteiger partial charge in [-0.05, 0) is 6.42 Å². The van der Waals surface area contributed by atoms with Gasteiger partial charge in [0.25, 0.3) is 0 Å². The number of nitrogens with zero attached hydrogens (tertiary/aromatic N) is 4. The van der Waals surface area contributed by atoms with Crippen molar-refractivity contribution in [3.05, 3.63) is 24.8 Å². The fraction of sp³-hybridized carbons (Fsp3) is 0.364. The van der Waals surface area contributed by atoms with E-state index >= 15 is 0 Å². The number of rotatable bonds is 4. The van der Waals surface area contributed by atoms with Crippen molar-refractivity contribution >= 4 is 27.3 Å². The first-order valence-electron chi connectivity index (χ1n) is 6.22. The zero-order valence-electron chi connectivity index (χ0n) is 11.0. The Morgan fingerprint density at radius 1 is 1.33 bits per heavy atom. The molecular weight excluding hydrogens is 296 g/mol. The summed E-state index contributed by atoms with van der Waals surface area (Å²) in [7, 11) is -3.91. The molecule has 0 aliphatic heterocycles. The highest BCUT2D eigenvalue weighted by atomic mass is 32.2. The van der Waals surface area contributed by atoms with E-state index < -0.39 is 10.3 Å². The molecule has 0 radical (unpaired) electrons. The van der Waals surface area contributed by atoms with Crippen LogP contribution in [0.25, 0.3) is 11.2 Å². The van der Waals surface area contributed by atoms with Crippen LogP contribution in [0.4, 0.5) is 5.82 Å². The smallest absolute Gasteiger partial charge is 0.333 e. The molecule has 4 N–H and O–H groups in total. The van der Waals surface area contributed by atoms with Crippen LogP contribution >= 0.6 is 0 Å². The van der Waals surface area contributed by atoms with E-state index in [2.05, 4.69) is 19.1 Å². The summed E-state index contributed by atoms with van der Waals surface area (Å²) in [6.07, 6.45) is 7.55. The Kier molecular flexibility index (Phi) is 3.35. The standard InChI is InChI=1S/C11H14N6O3S/c12-10-9-11(15-5-14-10)17(6-16-9)8-2-1-7(3-8)4-20-21(13,18)19/h1-2,5-8H,3-4H2,(H2,12,14,15)(H2,13,18,19)/t7-,8+/m1/s1. The van der Waals surface area contributed by atoms with E-state index in [4.69, 9.17) is 10.9 Å². The van der Waals surface area contributed by atoms with Gasteiger partial charge in [-0.3, -0.25) is 4.18 Å². The van der Waals surface area contributed by atoms with E-state index in [9.17, 15) is 8.42 Å². The highest BCUT2D eigenvalue weighted by molar-refractivity contribution is 7.84. The minimum absolute atomic E-state index is 0.0124. The lowest BCUT2D eigenvalue weighted by molar-refractivity contribution is 0.271. The minimum Gasteiger partial charge on any atom is -0.382 e. The molecule has 21 heavy (non-hydrogen) atoms. The molecule has 112 valence electrons. The highest BCUT2D eigenvalue weighted by Crippen LogP contribution is 2.30. The quantitative estimate of drug-likeness (QED) is 0.742. The normalized spacial score (nSPS) is 22.1. The van der Waals surface area contributed by atoms with Crippen molar-refractivity contribution in [1.82, 2.24) is 19.5 Å². The van der Waals surface area contributed by atoms with Gasteiger partial charge in [0.15, 0.2) is 11.5 Å². The van der Waals surface area contributed by atoms with Crippen molar-refractivity contribution in [3.63, 3.8) is 0 Å². The lowest BCUT2D eigenvalue weighted by Gasteiger charge is -2.13. The molecule has 0 bridgehead atoms. The number of nitrogen functional groups attached to an aromatic ring is 1. The van der Waals surface area contributed by atoms with Gasteiger partial charge in [0.1, 0.15) is 11.8 Å². The first kappa shape index (κ1) is 13.9. The van der Waals surface area contributed by atoms with Crippen LogP contribution in [-0.4, -0.2) is 34.5 Å². The van der Waals surface area contributed by atoms with E-state index in [1.54, 1.807) is 6.33 Å². The molecule has 2 heterocycles. The fourth-order valence-corrected chi connectivity index (χ4v) is 2.74. The van der Waals surface area contributed by atoms with Gasteiger partial charge in [-0.25, -0.2) is 20.1 Å². The molecule has 0 fully saturated rings. The monoisotopic (exact) mass is 310 g/mol. The molecule has 2 atom stereocenters. The summed E-state index contributed by atoms with van der Waals surface area (Å²) in [5.41, 5.74) is 6.94.